The summed E-state index contributed by atoms with van der Waals surface area (Å²) < 4.78 is 16.4. The molecule has 1 heterocycles. The highest BCUT2D eigenvalue weighted by Gasteiger charge is 2.45. The van der Waals surface area contributed by atoms with Gasteiger partial charge >= 0.3 is 0 Å². The number of hydrogen-bond acceptors (Lipinski definition) is 6. The van der Waals surface area contributed by atoms with Gasteiger partial charge in [-0.3, -0.25) is 9.59 Å². The van der Waals surface area contributed by atoms with Gasteiger partial charge in [-0.25, -0.2) is 0 Å². The molecule has 186 valence electrons. The molecule has 3 aromatic rings. The van der Waals surface area contributed by atoms with E-state index in [1.54, 1.807) is 56.7 Å². The Kier molecular flexibility index (Phi) is 7.64. The van der Waals surface area contributed by atoms with Gasteiger partial charge in [0.1, 0.15) is 23.0 Å². The molecule has 3 aromatic carbocycles. The second-order valence-electron chi connectivity index (χ2n) is 8.21. The van der Waals surface area contributed by atoms with E-state index in [0.717, 1.165) is 11.3 Å². The van der Waals surface area contributed by atoms with Crippen LogP contribution in [-0.4, -0.2) is 49.6 Å². The molecule has 8 heteroatoms. The number of ether oxygens (including phenoxy) is 3. The molecule has 1 fully saturated rings. The predicted octanol–water partition coefficient (Wildman–Crippen LogP) is 5.14. The third kappa shape index (κ3) is 4.95. The van der Waals surface area contributed by atoms with Crippen LogP contribution in [0.15, 0.2) is 76.8 Å². The number of ketones is 1. The summed E-state index contributed by atoms with van der Waals surface area (Å²) in [5, 5.41) is 11.3. The van der Waals surface area contributed by atoms with E-state index in [-0.39, 0.29) is 17.9 Å². The molecule has 1 amide bonds. The lowest BCUT2D eigenvalue weighted by atomic mass is 9.95. The smallest absolute Gasteiger partial charge is 0.295 e. The molecule has 1 atom stereocenters. The molecule has 0 saturated carbocycles. The molecule has 0 aliphatic carbocycles. The van der Waals surface area contributed by atoms with Crippen LogP contribution >= 0.6 is 15.9 Å². The van der Waals surface area contributed by atoms with E-state index < -0.39 is 17.7 Å². The zero-order valence-corrected chi connectivity index (χ0v) is 21.7. The molecule has 0 aromatic heterocycles. The van der Waals surface area contributed by atoms with Crippen LogP contribution < -0.4 is 14.2 Å². The summed E-state index contributed by atoms with van der Waals surface area (Å²) >= 11 is 3.42. The Hall–Kier alpha value is -3.78. The summed E-state index contributed by atoms with van der Waals surface area (Å²) in [6.07, 6.45) is 0.526. The Balaban J connectivity index is 1.75. The monoisotopic (exact) mass is 551 g/mol. The van der Waals surface area contributed by atoms with Gasteiger partial charge in [-0.2, -0.15) is 0 Å². The van der Waals surface area contributed by atoms with Crippen molar-refractivity contribution in [3.05, 3.63) is 93.5 Å². The summed E-state index contributed by atoms with van der Waals surface area (Å²) in [4.78, 5) is 28.0. The van der Waals surface area contributed by atoms with Gasteiger partial charge in [0.25, 0.3) is 11.7 Å². The summed E-state index contributed by atoms with van der Waals surface area (Å²) in [5.74, 6) is 0.340. The average Bonchev–Trinajstić information content (AvgIpc) is 3.16. The first-order valence-electron chi connectivity index (χ1n) is 11.3. The number of nitrogens with zero attached hydrogens (tertiary/aromatic N) is 1. The summed E-state index contributed by atoms with van der Waals surface area (Å²) in [7, 11) is 4.71. The number of rotatable bonds is 8. The Bertz CT molecular complexity index is 1300. The molecule has 1 aliphatic rings. The molecule has 0 spiro atoms. The lowest BCUT2D eigenvalue weighted by molar-refractivity contribution is -0.139. The van der Waals surface area contributed by atoms with Crippen LogP contribution in [0, 0.1) is 0 Å². The van der Waals surface area contributed by atoms with E-state index in [9.17, 15) is 14.7 Å². The lowest BCUT2D eigenvalue weighted by Gasteiger charge is -2.25. The number of hydrogen-bond donors (Lipinski definition) is 1. The van der Waals surface area contributed by atoms with Crippen LogP contribution in [0.5, 0.6) is 17.2 Å². The van der Waals surface area contributed by atoms with Gasteiger partial charge in [-0.15, -0.1) is 0 Å². The number of aliphatic hydroxyl groups is 1. The number of amides is 1. The van der Waals surface area contributed by atoms with Gasteiger partial charge in [0.05, 0.1) is 37.4 Å². The average molecular weight is 552 g/mol. The zero-order valence-electron chi connectivity index (χ0n) is 20.2. The Morgan fingerprint density at radius 2 is 1.50 bits per heavy atom. The highest BCUT2D eigenvalue weighted by molar-refractivity contribution is 9.10. The maximum absolute atomic E-state index is 13.3. The van der Waals surface area contributed by atoms with Crippen molar-refractivity contribution in [2.24, 2.45) is 0 Å². The van der Waals surface area contributed by atoms with Crippen LogP contribution in [0.25, 0.3) is 5.76 Å². The summed E-state index contributed by atoms with van der Waals surface area (Å²) in [5.41, 5.74) is 2.12. The Morgan fingerprint density at radius 1 is 0.889 bits per heavy atom. The summed E-state index contributed by atoms with van der Waals surface area (Å²) in [6.45, 7) is 0.288. The minimum atomic E-state index is -0.755. The molecule has 0 radical (unpaired) electrons. The van der Waals surface area contributed by atoms with E-state index >= 15 is 0 Å². The number of methoxy groups -OCH3 is 3. The van der Waals surface area contributed by atoms with Crippen LogP contribution in [0.2, 0.25) is 0 Å². The van der Waals surface area contributed by atoms with Crippen molar-refractivity contribution < 1.29 is 28.9 Å². The maximum atomic E-state index is 13.3. The first-order valence-corrected chi connectivity index (χ1v) is 12.1. The second kappa shape index (κ2) is 10.9. The normalized spacial score (nSPS) is 16.8. The van der Waals surface area contributed by atoms with E-state index in [4.69, 9.17) is 14.2 Å². The number of carbonyl (C=O) groups is 2. The fraction of sp³-hybridized carbons (Fsp3) is 0.214. The molecule has 7 nitrogen and oxygen atoms in total. The van der Waals surface area contributed by atoms with E-state index in [1.165, 1.54) is 12.0 Å². The van der Waals surface area contributed by atoms with Crippen LogP contribution in [0.1, 0.15) is 22.7 Å². The third-order valence-electron chi connectivity index (χ3n) is 6.20. The number of likely N-dealkylation sites (tertiary alicyclic amines) is 1. The Morgan fingerprint density at radius 3 is 2.06 bits per heavy atom. The van der Waals surface area contributed by atoms with Gasteiger partial charge in [-0.1, -0.05) is 24.3 Å². The van der Waals surface area contributed by atoms with Crippen LogP contribution in [0.4, 0.5) is 0 Å². The molecule has 1 N–H and O–H groups in total. The first-order chi connectivity index (χ1) is 17.4. The molecule has 4 rings (SSSR count). The van der Waals surface area contributed by atoms with Crippen molar-refractivity contribution in [3.63, 3.8) is 0 Å². The molecule has 36 heavy (non-hydrogen) atoms. The standard InChI is InChI=1S/C28H26BrNO6/c1-34-20-9-4-17(5-10-20)14-15-30-25(18-6-11-21(35-2)12-7-18)24(27(32)28(30)33)26(31)19-8-13-23(36-3)22(29)16-19/h4-13,16,25,31H,14-15H2,1-3H3/b26-24-. The highest BCUT2D eigenvalue weighted by Crippen LogP contribution is 2.40. The number of Topliss-reactive ketones (excluding diaryl/α,β-unsaturated/α-hetero) is 1. The van der Waals surface area contributed by atoms with Gasteiger partial charge in [0.15, 0.2) is 0 Å². The fourth-order valence-corrected chi connectivity index (χ4v) is 4.79. The van der Waals surface area contributed by atoms with Gasteiger partial charge < -0.3 is 24.2 Å². The highest BCUT2D eigenvalue weighted by atomic mass is 79.9. The van der Waals surface area contributed by atoms with Crippen molar-refractivity contribution in [2.45, 2.75) is 12.5 Å². The number of benzene rings is 3. The molecular weight excluding hydrogens is 526 g/mol. The largest absolute Gasteiger partial charge is 0.507 e. The van der Waals surface area contributed by atoms with E-state index in [1.807, 2.05) is 24.3 Å². The first kappa shape index (κ1) is 25.3. The third-order valence-corrected chi connectivity index (χ3v) is 6.82. The van der Waals surface area contributed by atoms with Gasteiger partial charge in [-0.05, 0) is 75.9 Å². The molecule has 1 unspecified atom stereocenters. The summed E-state index contributed by atoms with van der Waals surface area (Å²) in [6, 6.07) is 18.9. The van der Waals surface area contributed by atoms with Crippen molar-refractivity contribution in [2.75, 3.05) is 27.9 Å². The topological polar surface area (TPSA) is 85.3 Å². The SMILES string of the molecule is COc1ccc(CCN2C(=O)C(=O)/C(=C(\O)c3ccc(OC)c(Br)c3)C2c2ccc(OC)cc2)cc1. The van der Waals surface area contributed by atoms with Crippen molar-refractivity contribution >= 4 is 33.4 Å². The fourth-order valence-electron chi connectivity index (χ4n) is 4.25. The maximum Gasteiger partial charge on any atom is 0.295 e. The minimum absolute atomic E-state index is 0.0389. The number of halogens is 1. The van der Waals surface area contributed by atoms with Crippen molar-refractivity contribution in [3.8, 4) is 17.2 Å². The van der Waals surface area contributed by atoms with Crippen LogP contribution in [0.3, 0.4) is 0 Å². The molecule has 1 aliphatic heterocycles. The predicted molar refractivity (Wildman–Crippen MR) is 139 cm³/mol. The lowest BCUT2D eigenvalue weighted by Crippen LogP contribution is -2.31. The van der Waals surface area contributed by atoms with Crippen molar-refractivity contribution in [1.29, 1.82) is 0 Å². The van der Waals surface area contributed by atoms with E-state index in [2.05, 4.69) is 15.9 Å². The molecule has 0 bridgehead atoms. The van der Waals surface area contributed by atoms with E-state index in [0.29, 0.717) is 33.5 Å². The molecule has 1 saturated heterocycles. The second-order valence-corrected chi connectivity index (χ2v) is 9.07. The van der Waals surface area contributed by atoms with Gasteiger partial charge in [0, 0.05) is 12.1 Å². The zero-order chi connectivity index (χ0) is 25.8. The quantitative estimate of drug-likeness (QED) is 0.237. The minimum Gasteiger partial charge on any atom is -0.507 e. The van der Waals surface area contributed by atoms with Gasteiger partial charge in [0.2, 0.25) is 0 Å². The molecular formula is C28H26BrNO6. The van der Waals surface area contributed by atoms with Crippen molar-refractivity contribution in [1.82, 2.24) is 4.90 Å². The number of aliphatic hydroxyl groups excluding tert-OH is 1. The number of carbonyl (C=O) groups excluding carboxylic acids is 2. The Labute approximate surface area is 218 Å². The van der Waals surface area contributed by atoms with Crippen LogP contribution in [-0.2, 0) is 16.0 Å².